The zero-order valence-electron chi connectivity index (χ0n) is 13.4. The van der Waals surface area contributed by atoms with E-state index in [1.165, 1.54) is 16.3 Å². The summed E-state index contributed by atoms with van der Waals surface area (Å²) in [5.41, 5.74) is 2.64. The third-order valence-corrected chi connectivity index (χ3v) is 4.52. The molecule has 0 radical (unpaired) electrons. The summed E-state index contributed by atoms with van der Waals surface area (Å²) < 4.78 is 0. The second kappa shape index (κ2) is 7.14. The van der Waals surface area contributed by atoms with Crippen molar-refractivity contribution < 1.29 is 0 Å². The van der Waals surface area contributed by atoms with E-state index in [9.17, 15) is 0 Å². The van der Waals surface area contributed by atoms with Gasteiger partial charge in [0.2, 0.25) is 0 Å². The van der Waals surface area contributed by atoms with E-state index in [0.29, 0.717) is 6.04 Å². The number of nitrogens with zero attached hydrogens (tertiary/aromatic N) is 2. The van der Waals surface area contributed by atoms with Gasteiger partial charge in [-0.3, -0.25) is 4.98 Å². The van der Waals surface area contributed by atoms with Crippen LogP contribution in [0.3, 0.4) is 0 Å². The number of aromatic nitrogens is 2. The standard InChI is InChI=1S/C17H25N3S/c1-17(2,3)15-12-21-16(20-15)10-14(18-4)8-7-13-6-5-9-19-11-13/h5-6,9,11-12,14,18H,7-8,10H2,1-4H3. The smallest absolute Gasteiger partial charge is 0.0944 e. The largest absolute Gasteiger partial charge is 0.317 e. The molecule has 2 heterocycles. The maximum Gasteiger partial charge on any atom is 0.0944 e. The second-order valence-corrected chi connectivity index (χ2v) is 7.41. The Morgan fingerprint density at radius 2 is 2.14 bits per heavy atom. The summed E-state index contributed by atoms with van der Waals surface area (Å²) in [6, 6.07) is 4.60. The fraction of sp³-hybridized carbons (Fsp3) is 0.529. The van der Waals surface area contributed by atoms with Crippen molar-refractivity contribution in [1.82, 2.24) is 15.3 Å². The third kappa shape index (κ3) is 4.90. The molecule has 0 aliphatic heterocycles. The lowest BCUT2D eigenvalue weighted by Crippen LogP contribution is -2.28. The van der Waals surface area contributed by atoms with Gasteiger partial charge in [-0.15, -0.1) is 11.3 Å². The van der Waals surface area contributed by atoms with Gasteiger partial charge in [-0.2, -0.15) is 0 Å². The van der Waals surface area contributed by atoms with E-state index in [1.54, 1.807) is 11.3 Å². The van der Waals surface area contributed by atoms with Crippen LogP contribution < -0.4 is 5.32 Å². The molecule has 3 nitrogen and oxygen atoms in total. The fourth-order valence-electron chi connectivity index (χ4n) is 2.20. The molecule has 0 bridgehead atoms. The van der Waals surface area contributed by atoms with Crippen LogP contribution >= 0.6 is 11.3 Å². The van der Waals surface area contributed by atoms with Gasteiger partial charge in [0.25, 0.3) is 0 Å². The molecule has 2 aromatic rings. The number of thiazole rings is 1. The van der Waals surface area contributed by atoms with Crippen LogP contribution in [0.15, 0.2) is 29.9 Å². The first-order valence-corrected chi connectivity index (χ1v) is 8.38. The van der Waals surface area contributed by atoms with Crippen LogP contribution in [-0.2, 0) is 18.3 Å². The zero-order chi connectivity index (χ0) is 15.3. The molecule has 2 aromatic heterocycles. The minimum atomic E-state index is 0.138. The van der Waals surface area contributed by atoms with Gasteiger partial charge < -0.3 is 5.32 Å². The topological polar surface area (TPSA) is 37.8 Å². The zero-order valence-corrected chi connectivity index (χ0v) is 14.2. The van der Waals surface area contributed by atoms with Gasteiger partial charge >= 0.3 is 0 Å². The molecule has 0 saturated carbocycles. The number of pyridine rings is 1. The molecule has 0 saturated heterocycles. The Bertz CT molecular complexity index is 543. The average molecular weight is 303 g/mol. The van der Waals surface area contributed by atoms with Crippen LogP contribution in [-0.4, -0.2) is 23.1 Å². The lowest BCUT2D eigenvalue weighted by atomic mass is 9.93. The van der Waals surface area contributed by atoms with Crippen LogP contribution in [0.2, 0.25) is 0 Å². The molecular weight excluding hydrogens is 278 g/mol. The first kappa shape index (κ1) is 16.1. The molecule has 4 heteroatoms. The van der Waals surface area contributed by atoms with E-state index in [4.69, 9.17) is 4.98 Å². The summed E-state index contributed by atoms with van der Waals surface area (Å²) in [5.74, 6) is 0. The lowest BCUT2D eigenvalue weighted by Gasteiger charge is -2.16. The number of likely N-dealkylation sites (N-methyl/N-ethyl adjacent to an activating group) is 1. The predicted octanol–water partition coefficient (Wildman–Crippen LogP) is 3.60. The van der Waals surface area contributed by atoms with Gasteiger partial charge in [-0.1, -0.05) is 26.8 Å². The first-order valence-electron chi connectivity index (χ1n) is 7.50. The molecule has 21 heavy (non-hydrogen) atoms. The van der Waals surface area contributed by atoms with E-state index >= 15 is 0 Å². The van der Waals surface area contributed by atoms with Crippen molar-refractivity contribution in [3.8, 4) is 0 Å². The molecule has 1 atom stereocenters. The van der Waals surface area contributed by atoms with Gasteiger partial charge in [-0.05, 0) is 31.5 Å². The van der Waals surface area contributed by atoms with Crippen LogP contribution in [0, 0.1) is 0 Å². The molecule has 1 unspecified atom stereocenters. The normalized spacial score (nSPS) is 13.3. The van der Waals surface area contributed by atoms with Gasteiger partial charge in [0.05, 0.1) is 10.7 Å². The lowest BCUT2D eigenvalue weighted by molar-refractivity contribution is 0.514. The summed E-state index contributed by atoms with van der Waals surface area (Å²) in [7, 11) is 2.03. The highest BCUT2D eigenvalue weighted by atomic mass is 32.1. The minimum absolute atomic E-state index is 0.138. The summed E-state index contributed by atoms with van der Waals surface area (Å²) in [6.07, 6.45) is 6.93. The Labute approximate surface area is 131 Å². The molecule has 0 aliphatic carbocycles. The minimum Gasteiger partial charge on any atom is -0.317 e. The van der Waals surface area contributed by atoms with E-state index in [-0.39, 0.29) is 5.41 Å². The predicted molar refractivity (Wildman–Crippen MR) is 89.9 cm³/mol. The third-order valence-electron chi connectivity index (χ3n) is 3.65. The molecule has 0 amide bonds. The summed E-state index contributed by atoms with van der Waals surface area (Å²) in [4.78, 5) is 8.96. The molecule has 1 N–H and O–H groups in total. The van der Waals surface area contributed by atoms with Gasteiger partial charge in [0, 0.05) is 35.7 Å². The highest BCUT2D eigenvalue weighted by Gasteiger charge is 2.18. The van der Waals surface area contributed by atoms with Crippen molar-refractivity contribution in [2.75, 3.05) is 7.05 Å². The fourth-order valence-corrected chi connectivity index (χ4v) is 3.30. The number of aryl methyl sites for hydroxylation is 1. The summed E-state index contributed by atoms with van der Waals surface area (Å²) in [5, 5.41) is 6.84. The Morgan fingerprint density at radius 3 is 2.71 bits per heavy atom. The molecule has 0 aliphatic rings. The van der Waals surface area contributed by atoms with Crippen LogP contribution in [0.25, 0.3) is 0 Å². The number of rotatable bonds is 6. The van der Waals surface area contributed by atoms with Crippen molar-refractivity contribution >= 4 is 11.3 Å². The van der Waals surface area contributed by atoms with E-state index < -0.39 is 0 Å². The van der Waals surface area contributed by atoms with E-state index in [1.807, 2.05) is 25.5 Å². The Hall–Kier alpha value is -1.26. The quantitative estimate of drug-likeness (QED) is 0.886. The number of nitrogens with one attached hydrogen (secondary N) is 1. The van der Waals surface area contributed by atoms with Crippen molar-refractivity contribution in [3.63, 3.8) is 0 Å². The summed E-state index contributed by atoms with van der Waals surface area (Å²) in [6.45, 7) is 6.64. The Balaban J connectivity index is 1.91. The van der Waals surface area contributed by atoms with Crippen LogP contribution in [0.5, 0.6) is 0 Å². The van der Waals surface area contributed by atoms with Crippen LogP contribution in [0.4, 0.5) is 0 Å². The van der Waals surface area contributed by atoms with E-state index in [2.05, 4.69) is 42.5 Å². The molecular formula is C17H25N3S. The Kier molecular flexibility index (Phi) is 5.48. The molecule has 2 rings (SSSR count). The average Bonchev–Trinajstić information content (AvgIpc) is 2.93. The van der Waals surface area contributed by atoms with Crippen molar-refractivity contribution in [2.45, 2.75) is 51.5 Å². The van der Waals surface area contributed by atoms with Crippen molar-refractivity contribution in [2.24, 2.45) is 0 Å². The van der Waals surface area contributed by atoms with Gasteiger partial charge in [0.15, 0.2) is 0 Å². The molecule has 0 spiro atoms. The maximum absolute atomic E-state index is 4.79. The highest BCUT2D eigenvalue weighted by Crippen LogP contribution is 2.24. The van der Waals surface area contributed by atoms with Crippen molar-refractivity contribution in [3.05, 3.63) is 46.2 Å². The van der Waals surface area contributed by atoms with Gasteiger partial charge in [-0.25, -0.2) is 4.98 Å². The number of hydrogen-bond acceptors (Lipinski definition) is 4. The van der Waals surface area contributed by atoms with E-state index in [0.717, 1.165) is 19.3 Å². The maximum atomic E-state index is 4.79. The second-order valence-electron chi connectivity index (χ2n) is 6.47. The molecule has 114 valence electrons. The number of hydrogen-bond donors (Lipinski definition) is 1. The Morgan fingerprint density at radius 1 is 1.33 bits per heavy atom. The first-order chi connectivity index (χ1) is 9.99. The van der Waals surface area contributed by atoms with Crippen LogP contribution in [0.1, 0.15) is 43.5 Å². The SMILES string of the molecule is CNC(CCc1cccnc1)Cc1nc(C(C)(C)C)cs1. The summed E-state index contributed by atoms with van der Waals surface area (Å²) >= 11 is 1.78. The molecule has 0 fully saturated rings. The van der Waals surface area contributed by atoms with Crippen molar-refractivity contribution in [1.29, 1.82) is 0 Å². The monoisotopic (exact) mass is 303 g/mol. The van der Waals surface area contributed by atoms with Gasteiger partial charge in [0.1, 0.15) is 0 Å². The highest BCUT2D eigenvalue weighted by molar-refractivity contribution is 7.09. The molecule has 0 aromatic carbocycles.